The quantitative estimate of drug-likeness (QED) is 0.342. The number of amides is 1. The highest BCUT2D eigenvalue weighted by molar-refractivity contribution is 7.22. The Bertz CT molecular complexity index is 1290. The van der Waals surface area contributed by atoms with E-state index < -0.39 is 0 Å². The Kier molecular flexibility index (Phi) is 5.41. The van der Waals surface area contributed by atoms with E-state index in [1.165, 1.54) is 11.3 Å². The molecule has 10 heteroatoms. The van der Waals surface area contributed by atoms with Crippen molar-refractivity contribution in [3.05, 3.63) is 64.6 Å². The molecule has 2 aromatic carbocycles. The summed E-state index contributed by atoms with van der Waals surface area (Å²) in [5, 5.41) is 11.0. The zero-order chi connectivity index (χ0) is 22.4. The minimum atomic E-state index is -0.292. The maximum Gasteiger partial charge on any atom is 0.249 e. The Balaban J connectivity index is 1.15. The Labute approximate surface area is 203 Å². The van der Waals surface area contributed by atoms with Crippen molar-refractivity contribution in [2.24, 2.45) is 0 Å². The van der Waals surface area contributed by atoms with Crippen LogP contribution < -0.4 is 15.5 Å². The zero-order valence-corrected chi connectivity index (χ0v) is 19.8. The fourth-order valence-electron chi connectivity index (χ4n) is 4.11. The molecule has 0 aliphatic carbocycles. The molecule has 2 unspecified atom stereocenters. The number of carbonyl (C=O) groups excluding carboxylic acids is 1. The maximum atomic E-state index is 13.1. The summed E-state index contributed by atoms with van der Waals surface area (Å²) < 4.78 is 6.55. The molecule has 2 N–H and O–H groups in total. The van der Waals surface area contributed by atoms with Crippen molar-refractivity contribution in [2.45, 2.75) is 24.6 Å². The SMILES string of the molecule is O=C1[C@@H](Nc2nc3ccc(Cl)cc3s2)CCN1c1ccc(C(Nc2nccs2)C2CO2)cc1. The van der Waals surface area contributed by atoms with Gasteiger partial charge < -0.3 is 20.3 Å². The molecule has 33 heavy (non-hydrogen) atoms. The normalized spacial score (nSPS) is 20.9. The molecule has 2 saturated heterocycles. The highest BCUT2D eigenvalue weighted by Crippen LogP contribution is 2.34. The van der Waals surface area contributed by atoms with Crippen molar-refractivity contribution in [3.8, 4) is 0 Å². The molecule has 0 radical (unpaired) electrons. The van der Waals surface area contributed by atoms with Crippen LogP contribution in [0.4, 0.5) is 16.0 Å². The topological polar surface area (TPSA) is 82.7 Å². The van der Waals surface area contributed by atoms with Gasteiger partial charge in [-0.05, 0) is 42.3 Å². The van der Waals surface area contributed by atoms with Crippen molar-refractivity contribution in [2.75, 3.05) is 28.7 Å². The van der Waals surface area contributed by atoms with Crippen molar-refractivity contribution in [1.82, 2.24) is 9.97 Å². The number of nitrogens with one attached hydrogen (secondary N) is 2. The molecular formula is C23H20ClN5O2S2. The van der Waals surface area contributed by atoms with E-state index in [1.54, 1.807) is 17.5 Å². The molecule has 3 atom stereocenters. The Hall–Kier alpha value is -2.72. The third kappa shape index (κ3) is 4.29. The number of ether oxygens (including phenoxy) is 1. The van der Waals surface area contributed by atoms with Gasteiger partial charge in [-0.25, -0.2) is 9.97 Å². The van der Waals surface area contributed by atoms with Gasteiger partial charge in [0.25, 0.3) is 0 Å². The van der Waals surface area contributed by atoms with Gasteiger partial charge in [-0.1, -0.05) is 35.1 Å². The molecule has 2 aromatic heterocycles. The second-order valence-corrected chi connectivity index (χ2v) is 10.4. The minimum absolute atomic E-state index is 0.0430. The first-order valence-corrected chi connectivity index (χ1v) is 12.7. The van der Waals surface area contributed by atoms with E-state index in [-0.39, 0.29) is 24.1 Å². The van der Waals surface area contributed by atoms with Gasteiger partial charge in [-0.3, -0.25) is 4.79 Å². The van der Waals surface area contributed by atoms with Crippen LogP contribution in [0.15, 0.2) is 54.0 Å². The highest BCUT2D eigenvalue weighted by Gasteiger charge is 2.36. The number of aromatic nitrogens is 2. The zero-order valence-electron chi connectivity index (χ0n) is 17.4. The van der Waals surface area contributed by atoms with Crippen LogP contribution in [0.2, 0.25) is 5.02 Å². The standard InChI is InChI=1S/C23H20ClN5O2S2/c24-14-3-6-16-19(11-14)33-23(26-16)27-17-7-9-29(21(17)30)15-4-1-13(2-5-15)20(18-12-31-18)28-22-25-8-10-32-22/h1-6,8,10-11,17-18,20H,7,9,12H2,(H,25,28)(H,26,27)/t17-,18?,20?/m0/s1. The molecule has 2 fully saturated rings. The summed E-state index contributed by atoms with van der Waals surface area (Å²) in [6, 6.07) is 13.5. The van der Waals surface area contributed by atoms with Gasteiger partial charge in [-0.2, -0.15) is 0 Å². The summed E-state index contributed by atoms with van der Waals surface area (Å²) in [6.07, 6.45) is 2.65. The summed E-state index contributed by atoms with van der Waals surface area (Å²) in [5.41, 5.74) is 2.89. The Morgan fingerprint density at radius 2 is 2.03 bits per heavy atom. The molecule has 2 aliphatic heterocycles. The molecule has 6 rings (SSSR count). The fourth-order valence-corrected chi connectivity index (χ4v) is 5.87. The summed E-state index contributed by atoms with van der Waals surface area (Å²) in [6.45, 7) is 1.40. The average molecular weight is 498 g/mol. The summed E-state index contributed by atoms with van der Waals surface area (Å²) in [4.78, 5) is 23.9. The molecule has 2 aliphatic rings. The van der Waals surface area contributed by atoms with Crippen molar-refractivity contribution in [3.63, 3.8) is 0 Å². The van der Waals surface area contributed by atoms with E-state index in [0.29, 0.717) is 11.6 Å². The number of thiazole rings is 2. The Morgan fingerprint density at radius 1 is 1.18 bits per heavy atom. The van der Waals surface area contributed by atoms with Crippen LogP contribution in [0.5, 0.6) is 0 Å². The van der Waals surface area contributed by atoms with Crippen molar-refractivity contribution >= 4 is 66.3 Å². The first-order chi connectivity index (χ1) is 16.1. The van der Waals surface area contributed by atoms with Gasteiger partial charge in [0.1, 0.15) is 12.1 Å². The number of carbonyl (C=O) groups is 1. The lowest BCUT2D eigenvalue weighted by Crippen LogP contribution is -2.33. The van der Waals surface area contributed by atoms with Crippen LogP contribution in [0, 0.1) is 0 Å². The monoisotopic (exact) mass is 497 g/mol. The van der Waals surface area contributed by atoms with Gasteiger partial charge in [0, 0.05) is 28.8 Å². The first kappa shape index (κ1) is 20.9. The van der Waals surface area contributed by atoms with Crippen LogP contribution >= 0.6 is 34.3 Å². The van der Waals surface area contributed by atoms with E-state index >= 15 is 0 Å². The van der Waals surface area contributed by atoms with E-state index in [9.17, 15) is 4.79 Å². The van der Waals surface area contributed by atoms with Crippen molar-refractivity contribution in [1.29, 1.82) is 0 Å². The van der Waals surface area contributed by atoms with Gasteiger partial charge in [0.05, 0.1) is 22.9 Å². The lowest BCUT2D eigenvalue weighted by atomic mass is 10.0. The van der Waals surface area contributed by atoms with E-state index in [0.717, 1.165) is 44.8 Å². The lowest BCUT2D eigenvalue weighted by Gasteiger charge is -2.20. The second-order valence-electron chi connectivity index (χ2n) is 8.03. The van der Waals surface area contributed by atoms with Crippen LogP contribution in [0.1, 0.15) is 18.0 Å². The third-order valence-electron chi connectivity index (χ3n) is 5.86. The highest BCUT2D eigenvalue weighted by atomic mass is 35.5. The number of hydrogen-bond donors (Lipinski definition) is 2. The first-order valence-electron chi connectivity index (χ1n) is 10.7. The van der Waals surface area contributed by atoms with Gasteiger partial charge >= 0.3 is 0 Å². The Morgan fingerprint density at radius 3 is 2.79 bits per heavy atom. The van der Waals surface area contributed by atoms with Crippen LogP contribution in [-0.2, 0) is 9.53 Å². The number of epoxide rings is 1. The molecule has 4 aromatic rings. The van der Waals surface area contributed by atoms with Crippen molar-refractivity contribution < 1.29 is 9.53 Å². The molecule has 0 saturated carbocycles. The molecule has 168 valence electrons. The molecular weight excluding hydrogens is 478 g/mol. The fraction of sp³-hybridized carbons (Fsp3) is 0.261. The summed E-state index contributed by atoms with van der Waals surface area (Å²) in [5.74, 6) is 0.0584. The number of benzene rings is 2. The number of fused-ring (bicyclic) bond motifs is 1. The average Bonchev–Trinajstić information content (AvgIpc) is 3.20. The predicted octanol–water partition coefficient (Wildman–Crippen LogP) is 5.18. The number of anilines is 3. The van der Waals surface area contributed by atoms with Crippen LogP contribution in [-0.4, -0.2) is 41.2 Å². The number of nitrogens with zero attached hydrogens (tertiary/aromatic N) is 3. The summed E-state index contributed by atoms with van der Waals surface area (Å²) in [7, 11) is 0. The van der Waals surface area contributed by atoms with E-state index in [1.807, 2.05) is 40.6 Å². The second kappa shape index (κ2) is 8.57. The predicted molar refractivity (Wildman–Crippen MR) is 134 cm³/mol. The van der Waals surface area contributed by atoms with Gasteiger partial charge in [0.15, 0.2) is 10.3 Å². The molecule has 1 amide bonds. The van der Waals surface area contributed by atoms with Gasteiger partial charge in [0.2, 0.25) is 5.91 Å². The van der Waals surface area contributed by atoms with E-state index in [4.69, 9.17) is 16.3 Å². The number of halogens is 1. The number of rotatable bonds is 7. The smallest absolute Gasteiger partial charge is 0.249 e. The molecule has 0 spiro atoms. The molecule has 0 bridgehead atoms. The van der Waals surface area contributed by atoms with Crippen LogP contribution in [0.3, 0.4) is 0 Å². The molecule has 7 nitrogen and oxygen atoms in total. The van der Waals surface area contributed by atoms with E-state index in [2.05, 4.69) is 32.7 Å². The third-order valence-corrected chi connectivity index (χ3v) is 7.75. The lowest BCUT2D eigenvalue weighted by molar-refractivity contribution is -0.117. The van der Waals surface area contributed by atoms with Gasteiger partial charge in [-0.15, -0.1) is 11.3 Å². The maximum absolute atomic E-state index is 13.1. The van der Waals surface area contributed by atoms with Crippen LogP contribution in [0.25, 0.3) is 10.2 Å². The number of hydrogen-bond acceptors (Lipinski definition) is 8. The molecule has 4 heterocycles. The minimum Gasteiger partial charge on any atom is -0.371 e. The summed E-state index contributed by atoms with van der Waals surface area (Å²) >= 11 is 9.16. The largest absolute Gasteiger partial charge is 0.371 e.